The fourth-order valence-electron chi connectivity index (χ4n) is 4.46. The molecule has 0 heterocycles. The topological polar surface area (TPSA) is 17.1 Å². The minimum atomic E-state index is -0.152. The highest BCUT2D eigenvalue weighted by molar-refractivity contribution is 5.86. The summed E-state index contributed by atoms with van der Waals surface area (Å²) < 4.78 is 0. The van der Waals surface area contributed by atoms with Gasteiger partial charge in [-0.2, -0.15) is 0 Å². The summed E-state index contributed by atoms with van der Waals surface area (Å²) in [7, 11) is 0. The fraction of sp³-hybridized carbons (Fsp3) is 0.588. The Morgan fingerprint density at radius 1 is 1.11 bits per heavy atom. The normalized spacial score (nSPS) is 33.7. The molecule has 1 aromatic carbocycles. The SMILES string of the molecule is CC1(C)C(=O)CC[C@]2(C)c3ccccc3CCC12. The van der Waals surface area contributed by atoms with Gasteiger partial charge in [0.05, 0.1) is 0 Å². The first-order valence-electron chi connectivity index (χ1n) is 7.08. The molecule has 1 nitrogen and oxygen atoms in total. The van der Waals surface area contributed by atoms with Crippen LogP contribution in [0.4, 0.5) is 0 Å². The predicted octanol–water partition coefficient (Wildman–Crippen LogP) is 3.90. The van der Waals surface area contributed by atoms with Crippen LogP contribution in [0.5, 0.6) is 0 Å². The fourth-order valence-corrected chi connectivity index (χ4v) is 4.46. The van der Waals surface area contributed by atoms with Crippen molar-refractivity contribution in [1.29, 1.82) is 0 Å². The van der Waals surface area contributed by atoms with E-state index in [1.165, 1.54) is 11.1 Å². The van der Waals surface area contributed by atoms with Crippen LogP contribution in [0.3, 0.4) is 0 Å². The van der Waals surface area contributed by atoms with E-state index in [1.807, 2.05) is 0 Å². The van der Waals surface area contributed by atoms with Crippen LogP contribution in [-0.4, -0.2) is 5.78 Å². The maximum atomic E-state index is 12.2. The van der Waals surface area contributed by atoms with E-state index in [0.29, 0.717) is 11.7 Å². The summed E-state index contributed by atoms with van der Waals surface area (Å²) in [5.74, 6) is 0.963. The van der Waals surface area contributed by atoms with Crippen LogP contribution in [0.2, 0.25) is 0 Å². The Kier molecular flexibility index (Phi) is 2.45. The van der Waals surface area contributed by atoms with Crippen LogP contribution >= 0.6 is 0 Å². The molecule has 2 aliphatic carbocycles. The first-order chi connectivity index (χ1) is 8.46. The van der Waals surface area contributed by atoms with Gasteiger partial charge >= 0.3 is 0 Å². The van der Waals surface area contributed by atoms with Gasteiger partial charge in [-0.05, 0) is 41.7 Å². The van der Waals surface area contributed by atoms with E-state index in [9.17, 15) is 4.79 Å². The smallest absolute Gasteiger partial charge is 0.138 e. The van der Waals surface area contributed by atoms with E-state index in [2.05, 4.69) is 45.0 Å². The van der Waals surface area contributed by atoms with Crippen molar-refractivity contribution in [3.63, 3.8) is 0 Å². The van der Waals surface area contributed by atoms with Crippen LogP contribution in [-0.2, 0) is 16.6 Å². The first-order valence-corrected chi connectivity index (χ1v) is 7.08. The molecule has 3 rings (SSSR count). The van der Waals surface area contributed by atoms with E-state index in [-0.39, 0.29) is 10.8 Å². The van der Waals surface area contributed by atoms with E-state index in [0.717, 1.165) is 25.7 Å². The van der Waals surface area contributed by atoms with E-state index in [1.54, 1.807) is 0 Å². The number of carbonyl (C=O) groups is 1. The second kappa shape index (κ2) is 3.69. The van der Waals surface area contributed by atoms with Crippen LogP contribution in [0.1, 0.15) is 51.2 Å². The number of hydrogen-bond acceptors (Lipinski definition) is 1. The number of fused-ring (bicyclic) bond motifs is 3. The lowest BCUT2D eigenvalue weighted by Crippen LogP contribution is -2.52. The largest absolute Gasteiger partial charge is 0.299 e. The van der Waals surface area contributed by atoms with E-state index < -0.39 is 0 Å². The van der Waals surface area contributed by atoms with Crippen molar-refractivity contribution in [2.45, 2.75) is 51.9 Å². The third kappa shape index (κ3) is 1.43. The molecule has 0 bridgehead atoms. The molecule has 18 heavy (non-hydrogen) atoms. The third-order valence-electron chi connectivity index (χ3n) is 5.57. The zero-order valence-electron chi connectivity index (χ0n) is 11.6. The first kappa shape index (κ1) is 12.0. The van der Waals surface area contributed by atoms with Crippen LogP contribution in [0, 0.1) is 11.3 Å². The molecule has 1 heteroatoms. The summed E-state index contributed by atoms with van der Waals surface area (Å²) >= 11 is 0. The number of aryl methyl sites for hydroxylation is 1. The van der Waals surface area contributed by atoms with Gasteiger partial charge in [0.15, 0.2) is 0 Å². The quantitative estimate of drug-likeness (QED) is 0.674. The van der Waals surface area contributed by atoms with E-state index in [4.69, 9.17) is 0 Å². The Morgan fingerprint density at radius 2 is 1.83 bits per heavy atom. The molecule has 0 aromatic heterocycles. The molecule has 2 atom stereocenters. The molecule has 0 radical (unpaired) electrons. The molecule has 1 saturated carbocycles. The molecule has 96 valence electrons. The lowest BCUT2D eigenvalue weighted by Gasteiger charge is -2.53. The minimum absolute atomic E-state index is 0.152. The van der Waals surface area contributed by atoms with Crippen molar-refractivity contribution in [3.8, 4) is 0 Å². The zero-order valence-corrected chi connectivity index (χ0v) is 11.6. The van der Waals surface area contributed by atoms with Gasteiger partial charge in [-0.15, -0.1) is 0 Å². The van der Waals surface area contributed by atoms with Crippen molar-refractivity contribution in [2.75, 3.05) is 0 Å². The summed E-state index contributed by atoms with van der Waals surface area (Å²) in [6.07, 6.45) is 4.06. The maximum Gasteiger partial charge on any atom is 0.138 e. The van der Waals surface area contributed by atoms with Gasteiger partial charge in [-0.1, -0.05) is 45.0 Å². The third-order valence-corrected chi connectivity index (χ3v) is 5.57. The number of Topliss-reactive ketones (excluding diaryl/α,β-unsaturated/α-hetero) is 1. The van der Waals surface area contributed by atoms with Gasteiger partial charge in [0, 0.05) is 11.8 Å². The van der Waals surface area contributed by atoms with Gasteiger partial charge in [-0.3, -0.25) is 4.79 Å². The Hall–Kier alpha value is -1.11. The van der Waals surface area contributed by atoms with Crippen LogP contribution < -0.4 is 0 Å². The molecule has 2 aliphatic rings. The molecular formula is C17H22O. The van der Waals surface area contributed by atoms with Crippen LogP contribution in [0.15, 0.2) is 24.3 Å². The lowest BCUT2D eigenvalue weighted by molar-refractivity contribution is -0.137. The van der Waals surface area contributed by atoms with Gasteiger partial charge in [0.25, 0.3) is 0 Å². The molecule has 1 aromatic rings. The zero-order chi connectivity index (χ0) is 13.0. The molecule has 1 unspecified atom stereocenters. The van der Waals surface area contributed by atoms with Crippen molar-refractivity contribution < 1.29 is 4.79 Å². The average Bonchev–Trinajstić information content (AvgIpc) is 2.35. The Labute approximate surface area is 110 Å². The lowest BCUT2D eigenvalue weighted by atomic mass is 9.50. The Balaban J connectivity index is 2.13. The number of ketones is 1. The summed E-state index contributed by atoms with van der Waals surface area (Å²) in [6, 6.07) is 8.84. The summed E-state index contributed by atoms with van der Waals surface area (Å²) in [5.41, 5.74) is 3.05. The summed E-state index contributed by atoms with van der Waals surface area (Å²) in [4.78, 5) is 12.2. The number of hydrogen-bond donors (Lipinski definition) is 0. The summed E-state index contributed by atoms with van der Waals surface area (Å²) in [5, 5.41) is 0. The second-order valence-corrected chi connectivity index (χ2v) is 6.81. The summed E-state index contributed by atoms with van der Waals surface area (Å²) in [6.45, 7) is 6.69. The van der Waals surface area contributed by atoms with Crippen molar-refractivity contribution >= 4 is 5.78 Å². The average molecular weight is 242 g/mol. The van der Waals surface area contributed by atoms with Crippen molar-refractivity contribution in [2.24, 2.45) is 11.3 Å². The highest BCUT2D eigenvalue weighted by atomic mass is 16.1. The van der Waals surface area contributed by atoms with Crippen molar-refractivity contribution in [3.05, 3.63) is 35.4 Å². The van der Waals surface area contributed by atoms with Crippen molar-refractivity contribution in [1.82, 2.24) is 0 Å². The standard InChI is InChI=1S/C17H22O/c1-16(2)14-9-8-12-6-4-5-7-13(12)17(14,3)11-10-15(16)18/h4-7,14H,8-11H2,1-3H3/t14?,17-/m1/s1. The molecule has 0 saturated heterocycles. The van der Waals surface area contributed by atoms with E-state index >= 15 is 0 Å². The Morgan fingerprint density at radius 3 is 2.61 bits per heavy atom. The van der Waals surface area contributed by atoms with Gasteiger partial charge in [0.2, 0.25) is 0 Å². The van der Waals surface area contributed by atoms with Gasteiger partial charge in [0.1, 0.15) is 5.78 Å². The van der Waals surface area contributed by atoms with Crippen LogP contribution in [0.25, 0.3) is 0 Å². The highest BCUT2D eigenvalue weighted by Crippen LogP contribution is 2.55. The predicted molar refractivity (Wildman–Crippen MR) is 73.6 cm³/mol. The maximum absolute atomic E-state index is 12.2. The van der Waals surface area contributed by atoms with Gasteiger partial charge < -0.3 is 0 Å². The molecule has 1 fully saturated rings. The molecule has 0 aliphatic heterocycles. The number of carbonyl (C=O) groups excluding carboxylic acids is 1. The minimum Gasteiger partial charge on any atom is -0.299 e. The number of benzene rings is 1. The molecule has 0 amide bonds. The highest BCUT2D eigenvalue weighted by Gasteiger charge is 2.53. The van der Waals surface area contributed by atoms with Gasteiger partial charge in [-0.25, -0.2) is 0 Å². The molecular weight excluding hydrogens is 220 g/mol. The molecule has 0 spiro atoms. The molecule has 0 N–H and O–H groups in total. The Bertz CT molecular complexity index is 500. The monoisotopic (exact) mass is 242 g/mol. The number of rotatable bonds is 0. The second-order valence-electron chi connectivity index (χ2n) is 6.81.